The number of nitrogens with zero attached hydrogens (tertiary/aromatic N) is 6. The average Bonchev–Trinajstić information content (AvgIpc) is 2.71. The molecule has 0 aromatic carbocycles. The molecule has 0 N–H and O–H groups in total. The van der Waals surface area contributed by atoms with Crippen LogP contribution in [0, 0.1) is 0 Å². The van der Waals surface area contributed by atoms with E-state index in [9.17, 15) is 4.79 Å². The summed E-state index contributed by atoms with van der Waals surface area (Å²) in [5.74, 6) is 2.15. The van der Waals surface area contributed by atoms with Crippen molar-refractivity contribution >= 4 is 17.5 Å². The largest absolute Gasteiger partial charge is 0.354 e. The lowest BCUT2D eigenvalue weighted by atomic mass is 9.91. The fourth-order valence-corrected chi connectivity index (χ4v) is 4.07. The molecule has 1 aromatic heterocycles. The van der Waals surface area contributed by atoms with Gasteiger partial charge in [-0.25, -0.2) is 9.97 Å². The average molecular weight is 344 g/mol. The second kappa shape index (κ2) is 6.78. The van der Waals surface area contributed by atoms with Crippen molar-refractivity contribution in [2.24, 2.45) is 0 Å². The Morgan fingerprint density at radius 3 is 2.44 bits per heavy atom. The van der Waals surface area contributed by atoms with Crippen molar-refractivity contribution in [3.63, 3.8) is 0 Å². The first kappa shape index (κ1) is 16.6. The van der Waals surface area contributed by atoms with Crippen LogP contribution in [-0.2, 0) is 11.3 Å². The van der Waals surface area contributed by atoms with E-state index >= 15 is 0 Å². The van der Waals surface area contributed by atoms with Gasteiger partial charge in [-0.3, -0.25) is 4.79 Å². The molecule has 2 fully saturated rings. The summed E-state index contributed by atoms with van der Waals surface area (Å²) in [5.41, 5.74) is 1.12. The van der Waals surface area contributed by atoms with E-state index in [0.717, 1.165) is 62.8 Å². The zero-order valence-corrected chi connectivity index (χ0v) is 15.3. The number of hydrogen-bond acceptors (Lipinski definition) is 6. The molecule has 2 aliphatic heterocycles. The van der Waals surface area contributed by atoms with Gasteiger partial charge >= 0.3 is 0 Å². The molecule has 0 bridgehead atoms. The zero-order chi connectivity index (χ0) is 17.4. The molecule has 1 saturated heterocycles. The molecule has 3 heterocycles. The van der Waals surface area contributed by atoms with Crippen molar-refractivity contribution in [2.45, 2.75) is 38.8 Å². The van der Waals surface area contributed by atoms with E-state index in [0.29, 0.717) is 19.1 Å². The first-order valence-electron chi connectivity index (χ1n) is 9.49. The lowest BCUT2D eigenvalue weighted by molar-refractivity contribution is -0.134. The van der Waals surface area contributed by atoms with Crippen LogP contribution in [0.15, 0.2) is 6.33 Å². The first-order chi connectivity index (χ1) is 12.2. The number of hydrogen-bond donors (Lipinski definition) is 0. The summed E-state index contributed by atoms with van der Waals surface area (Å²) in [7, 11) is 1.97. The predicted molar refractivity (Wildman–Crippen MR) is 97.8 cm³/mol. The van der Waals surface area contributed by atoms with E-state index in [1.54, 1.807) is 6.33 Å². The second-order valence-electron chi connectivity index (χ2n) is 7.38. The van der Waals surface area contributed by atoms with Gasteiger partial charge in [0.1, 0.15) is 18.0 Å². The maximum absolute atomic E-state index is 12.7. The third-order valence-electron chi connectivity index (χ3n) is 5.92. The topological polar surface area (TPSA) is 55.8 Å². The van der Waals surface area contributed by atoms with E-state index in [4.69, 9.17) is 0 Å². The summed E-state index contributed by atoms with van der Waals surface area (Å²) in [6.07, 6.45) is 5.14. The molecule has 3 aliphatic rings. The number of likely N-dealkylation sites (N-methyl/N-ethyl adjacent to an activating group) is 2. The molecule has 7 heteroatoms. The SMILES string of the molecule is CCN1CCN(c2ncnc3c2CN(C2CCC2)C(=O)CN3C)CC1. The Hall–Kier alpha value is -1.89. The fourth-order valence-electron chi connectivity index (χ4n) is 4.07. The Morgan fingerprint density at radius 2 is 1.80 bits per heavy atom. The fraction of sp³-hybridized carbons (Fsp3) is 0.722. The molecule has 1 aromatic rings. The highest BCUT2D eigenvalue weighted by Gasteiger charge is 2.35. The zero-order valence-electron chi connectivity index (χ0n) is 15.3. The Bertz CT molecular complexity index is 638. The van der Waals surface area contributed by atoms with Crippen LogP contribution < -0.4 is 9.80 Å². The van der Waals surface area contributed by atoms with Gasteiger partial charge < -0.3 is 19.6 Å². The van der Waals surface area contributed by atoms with Gasteiger partial charge in [-0.05, 0) is 25.8 Å². The van der Waals surface area contributed by atoms with Crippen LogP contribution in [0.1, 0.15) is 31.7 Å². The molecule has 1 amide bonds. The van der Waals surface area contributed by atoms with Gasteiger partial charge in [0.2, 0.25) is 5.91 Å². The van der Waals surface area contributed by atoms with E-state index in [-0.39, 0.29) is 5.91 Å². The van der Waals surface area contributed by atoms with Crippen LogP contribution >= 0.6 is 0 Å². The van der Waals surface area contributed by atoms with E-state index in [2.05, 4.69) is 31.6 Å². The summed E-state index contributed by atoms with van der Waals surface area (Å²) in [6.45, 7) is 8.46. The number of rotatable bonds is 3. The smallest absolute Gasteiger partial charge is 0.242 e. The van der Waals surface area contributed by atoms with Crippen LogP contribution in [0.5, 0.6) is 0 Å². The van der Waals surface area contributed by atoms with Crippen LogP contribution in [0.25, 0.3) is 0 Å². The molecule has 0 atom stereocenters. The highest BCUT2D eigenvalue weighted by molar-refractivity contribution is 5.84. The molecule has 1 aliphatic carbocycles. The molecule has 0 unspecified atom stereocenters. The van der Waals surface area contributed by atoms with Gasteiger partial charge in [0.15, 0.2) is 0 Å². The Morgan fingerprint density at radius 1 is 1.08 bits per heavy atom. The minimum absolute atomic E-state index is 0.215. The van der Waals surface area contributed by atoms with E-state index in [1.165, 1.54) is 6.42 Å². The van der Waals surface area contributed by atoms with Crippen molar-refractivity contribution in [1.82, 2.24) is 19.8 Å². The lowest BCUT2D eigenvalue weighted by Crippen LogP contribution is -2.47. The number of fused-ring (bicyclic) bond motifs is 1. The van der Waals surface area contributed by atoms with Crippen LogP contribution in [0.2, 0.25) is 0 Å². The summed E-state index contributed by atoms with van der Waals surface area (Å²) < 4.78 is 0. The van der Waals surface area contributed by atoms with Gasteiger partial charge in [-0.2, -0.15) is 0 Å². The minimum atomic E-state index is 0.215. The molecule has 0 radical (unpaired) electrons. The van der Waals surface area contributed by atoms with Crippen molar-refractivity contribution in [3.05, 3.63) is 11.9 Å². The van der Waals surface area contributed by atoms with Crippen molar-refractivity contribution < 1.29 is 4.79 Å². The van der Waals surface area contributed by atoms with E-state index in [1.807, 2.05) is 11.9 Å². The minimum Gasteiger partial charge on any atom is -0.354 e. The van der Waals surface area contributed by atoms with Gasteiger partial charge in [-0.1, -0.05) is 6.92 Å². The quantitative estimate of drug-likeness (QED) is 0.814. The summed E-state index contributed by atoms with van der Waals surface area (Å²) in [5, 5.41) is 0. The standard InChI is InChI=1S/C18H28N6O/c1-3-22-7-9-23(10-8-22)18-15-11-24(14-5-4-6-14)16(25)12-21(2)17(15)19-13-20-18/h13-14H,3-12H2,1-2H3. The second-order valence-corrected chi connectivity index (χ2v) is 7.38. The molecule has 7 nitrogen and oxygen atoms in total. The van der Waals surface area contributed by atoms with Crippen LogP contribution in [0.4, 0.5) is 11.6 Å². The van der Waals surface area contributed by atoms with Gasteiger partial charge in [0, 0.05) is 39.3 Å². The molecule has 136 valence electrons. The van der Waals surface area contributed by atoms with Gasteiger partial charge in [-0.15, -0.1) is 0 Å². The first-order valence-corrected chi connectivity index (χ1v) is 9.49. The number of anilines is 2. The van der Waals surface area contributed by atoms with Crippen LogP contribution in [0.3, 0.4) is 0 Å². The van der Waals surface area contributed by atoms with Crippen molar-refractivity contribution in [3.8, 4) is 0 Å². The third kappa shape index (κ3) is 3.05. The summed E-state index contributed by atoms with van der Waals surface area (Å²) >= 11 is 0. The van der Waals surface area contributed by atoms with Crippen LogP contribution in [-0.4, -0.2) is 78.0 Å². The number of carbonyl (C=O) groups is 1. The summed E-state index contributed by atoms with van der Waals surface area (Å²) in [4.78, 5) is 30.8. The Labute approximate surface area is 149 Å². The molecule has 1 saturated carbocycles. The maximum Gasteiger partial charge on any atom is 0.242 e. The predicted octanol–water partition coefficient (Wildman–Crippen LogP) is 0.949. The molecular formula is C18H28N6O. The van der Waals surface area contributed by atoms with Gasteiger partial charge in [0.25, 0.3) is 0 Å². The number of carbonyl (C=O) groups excluding carboxylic acids is 1. The monoisotopic (exact) mass is 344 g/mol. The van der Waals surface area contributed by atoms with Crippen molar-refractivity contribution in [2.75, 3.05) is 56.1 Å². The number of amides is 1. The number of aromatic nitrogens is 2. The normalized spacial score (nSPS) is 22.6. The number of piperazine rings is 1. The van der Waals surface area contributed by atoms with Crippen molar-refractivity contribution in [1.29, 1.82) is 0 Å². The molecular weight excluding hydrogens is 316 g/mol. The highest BCUT2D eigenvalue weighted by Crippen LogP contribution is 2.34. The highest BCUT2D eigenvalue weighted by atomic mass is 16.2. The third-order valence-corrected chi connectivity index (χ3v) is 5.92. The van der Waals surface area contributed by atoms with Gasteiger partial charge in [0.05, 0.1) is 18.7 Å². The molecule has 25 heavy (non-hydrogen) atoms. The molecule has 4 rings (SSSR count). The van der Waals surface area contributed by atoms with E-state index < -0.39 is 0 Å². The maximum atomic E-state index is 12.7. The molecule has 0 spiro atoms. The summed E-state index contributed by atoms with van der Waals surface area (Å²) in [6, 6.07) is 0.400. The Balaban J connectivity index is 1.64. The Kier molecular flexibility index (Phi) is 4.50. The lowest BCUT2D eigenvalue weighted by Gasteiger charge is -2.38.